The summed E-state index contributed by atoms with van der Waals surface area (Å²) in [4.78, 5) is 4.02. The number of imidazole rings is 1. The maximum absolute atomic E-state index is 11.1. The number of hydrogen-bond acceptors (Lipinski definition) is 4. The summed E-state index contributed by atoms with van der Waals surface area (Å²) in [5.41, 5.74) is 0.953. The molecule has 0 amide bonds. The van der Waals surface area contributed by atoms with Crippen LogP contribution in [0.15, 0.2) is 29.8 Å². The second-order valence-electron chi connectivity index (χ2n) is 3.48. The number of nitrogens with zero attached hydrogens (tertiary/aromatic N) is 4. The predicted octanol–water partition coefficient (Wildman–Crippen LogP) is 1.08. The van der Waals surface area contributed by atoms with E-state index >= 15 is 0 Å². The van der Waals surface area contributed by atoms with E-state index in [4.69, 9.17) is 10.7 Å². The molecule has 0 aromatic carbocycles. The van der Waals surface area contributed by atoms with Gasteiger partial charge in [0.1, 0.15) is 4.90 Å². The maximum atomic E-state index is 11.1. The average molecular weight is 275 g/mol. The third-order valence-corrected chi connectivity index (χ3v) is 3.66. The van der Waals surface area contributed by atoms with Crippen LogP contribution in [-0.4, -0.2) is 27.7 Å². The van der Waals surface area contributed by atoms with E-state index in [1.807, 2.05) is 11.5 Å². The highest BCUT2D eigenvalue weighted by atomic mass is 35.7. The van der Waals surface area contributed by atoms with E-state index in [2.05, 4.69) is 10.1 Å². The lowest BCUT2D eigenvalue weighted by molar-refractivity contribution is 0.607. The topological polar surface area (TPSA) is 69.8 Å². The molecule has 0 saturated carbocycles. The van der Waals surface area contributed by atoms with Crippen molar-refractivity contribution in [1.29, 1.82) is 0 Å². The molecular weight excluding hydrogens is 264 g/mol. The number of aryl methyl sites for hydroxylation is 1. The van der Waals surface area contributed by atoms with Crippen molar-refractivity contribution in [2.45, 2.75) is 24.9 Å². The molecule has 17 heavy (non-hydrogen) atoms. The van der Waals surface area contributed by atoms with Gasteiger partial charge in [-0.3, -0.25) is 4.68 Å². The Labute approximate surface area is 103 Å². The highest BCUT2D eigenvalue weighted by molar-refractivity contribution is 8.13. The summed E-state index contributed by atoms with van der Waals surface area (Å²) in [7, 11) is 1.50. The summed E-state index contributed by atoms with van der Waals surface area (Å²) in [6.07, 6.45) is 6.07. The second-order valence-corrected chi connectivity index (χ2v) is 6.05. The molecule has 0 unspecified atom stereocenters. The summed E-state index contributed by atoms with van der Waals surface area (Å²) in [5.74, 6) is 0. The lowest BCUT2D eigenvalue weighted by Crippen LogP contribution is -2.06. The molecule has 2 heterocycles. The summed E-state index contributed by atoms with van der Waals surface area (Å²) in [6.45, 7) is 3.26. The fraction of sp³-hybridized carbons (Fsp3) is 0.333. The Morgan fingerprint density at radius 2 is 2.18 bits per heavy atom. The fourth-order valence-corrected chi connectivity index (χ4v) is 2.15. The van der Waals surface area contributed by atoms with Crippen molar-refractivity contribution in [1.82, 2.24) is 19.3 Å². The zero-order valence-corrected chi connectivity index (χ0v) is 10.7. The van der Waals surface area contributed by atoms with Crippen LogP contribution in [0.3, 0.4) is 0 Å². The van der Waals surface area contributed by atoms with Gasteiger partial charge < -0.3 is 4.57 Å². The fourth-order valence-electron chi connectivity index (χ4n) is 1.49. The Morgan fingerprint density at radius 1 is 1.41 bits per heavy atom. The van der Waals surface area contributed by atoms with Crippen LogP contribution in [0.5, 0.6) is 0 Å². The van der Waals surface area contributed by atoms with Gasteiger partial charge in [-0.25, -0.2) is 13.4 Å². The largest absolute Gasteiger partial charge is 0.333 e. The Hall–Kier alpha value is -1.34. The van der Waals surface area contributed by atoms with Gasteiger partial charge in [-0.15, -0.1) is 0 Å². The lowest BCUT2D eigenvalue weighted by Gasteiger charge is -2.04. The molecule has 0 fully saturated rings. The van der Waals surface area contributed by atoms with Crippen LogP contribution in [0.4, 0.5) is 0 Å². The molecule has 92 valence electrons. The van der Waals surface area contributed by atoms with Gasteiger partial charge in [-0.05, 0) is 6.92 Å². The van der Waals surface area contributed by atoms with Crippen LogP contribution in [0.25, 0.3) is 0 Å². The second kappa shape index (κ2) is 4.50. The third-order valence-electron chi connectivity index (χ3n) is 2.35. The SMILES string of the molecule is CCn1cncc1Cn1cc(S(=O)(=O)Cl)cn1. The smallest absolute Gasteiger partial charge is 0.264 e. The zero-order chi connectivity index (χ0) is 12.5. The normalized spacial score (nSPS) is 11.9. The molecule has 0 aliphatic rings. The summed E-state index contributed by atoms with van der Waals surface area (Å²) in [6, 6.07) is 0. The molecule has 0 spiro atoms. The first-order chi connectivity index (χ1) is 8.00. The standard InChI is InChI=1S/C9H11ClN4O2S/c1-2-13-7-11-3-8(13)5-14-6-9(4-12-14)17(10,15)16/h3-4,6-7H,2,5H2,1H3. The van der Waals surface area contributed by atoms with Crippen molar-refractivity contribution < 1.29 is 8.42 Å². The Balaban J connectivity index is 2.23. The van der Waals surface area contributed by atoms with Crippen LogP contribution in [0, 0.1) is 0 Å². The van der Waals surface area contributed by atoms with Crippen molar-refractivity contribution in [2.24, 2.45) is 0 Å². The molecule has 2 rings (SSSR count). The maximum Gasteiger partial charge on any atom is 0.264 e. The van der Waals surface area contributed by atoms with E-state index in [0.717, 1.165) is 12.2 Å². The van der Waals surface area contributed by atoms with E-state index in [1.54, 1.807) is 12.5 Å². The number of hydrogen-bond donors (Lipinski definition) is 0. The summed E-state index contributed by atoms with van der Waals surface area (Å²) in [5, 5.41) is 3.94. The molecule has 2 aromatic heterocycles. The van der Waals surface area contributed by atoms with Gasteiger partial charge in [0, 0.05) is 23.4 Å². The van der Waals surface area contributed by atoms with E-state index < -0.39 is 9.05 Å². The molecule has 0 atom stereocenters. The number of aromatic nitrogens is 4. The summed E-state index contributed by atoms with van der Waals surface area (Å²) < 4.78 is 25.6. The lowest BCUT2D eigenvalue weighted by atomic mass is 10.4. The molecule has 0 saturated heterocycles. The average Bonchev–Trinajstić information content (AvgIpc) is 2.86. The molecule has 2 aromatic rings. The van der Waals surface area contributed by atoms with Gasteiger partial charge in [0.15, 0.2) is 0 Å². The van der Waals surface area contributed by atoms with Crippen molar-refractivity contribution in [3.8, 4) is 0 Å². The van der Waals surface area contributed by atoms with Crippen molar-refractivity contribution in [3.05, 3.63) is 30.6 Å². The van der Waals surface area contributed by atoms with Crippen molar-refractivity contribution in [3.63, 3.8) is 0 Å². The van der Waals surface area contributed by atoms with Gasteiger partial charge in [0.05, 0.1) is 31.0 Å². The number of halogens is 1. The molecular formula is C9H11ClN4O2S. The van der Waals surface area contributed by atoms with E-state index in [9.17, 15) is 8.42 Å². The molecule has 0 radical (unpaired) electrons. The van der Waals surface area contributed by atoms with Gasteiger partial charge in [-0.1, -0.05) is 0 Å². The Bertz CT molecular complexity index is 616. The van der Waals surface area contributed by atoms with Gasteiger partial charge in [0.2, 0.25) is 0 Å². The summed E-state index contributed by atoms with van der Waals surface area (Å²) >= 11 is 0. The van der Waals surface area contributed by atoms with Crippen LogP contribution in [0.1, 0.15) is 12.6 Å². The molecule has 8 heteroatoms. The highest BCUT2D eigenvalue weighted by Gasteiger charge is 2.13. The molecule has 6 nitrogen and oxygen atoms in total. The van der Waals surface area contributed by atoms with Gasteiger partial charge in [-0.2, -0.15) is 5.10 Å². The first-order valence-electron chi connectivity index (χ1n) is 4.97. The quantitative estimate of drug-likeness (QED) is 0.782. The van der Waals surface area contributed by atoms with E-state index in [0.29, 0.717) is 6.54 Å². The monoisotopic (exact) mass is 274 g/mol. The molecule has 0 bridgehead atoms. The van der Waals surface area contributed by atoms with Gasteiger partial charge in [0.25, 0.3) is 9.05 Å². The molecule has 0 N–H and O–H groups in total. The van der Waals surface area contributed by atoms with Crippen LogP contribution in [-0.2, 0) is 22.1 Å². The minimum Gasteiger partial charge on any atom is -0.333 e. The zero-order valence-electron chi connectivity index (χ0n) is 9.12. The van der Waals surface area contributed by atoms with E-state index in [1.165, 1.54) is 17.1 Å². The minimum absolute atomic E-state index is 0.00160. The van der Waals surface area contributed by atoms with Crippen LogP contribution in [0.2, 0.25) is 0 Å². The third kappa shape index (κ3) is 2.67. The van der Waals surface area contributed by atoms with Crippen LogP contribution >= 0.6 is 10.7 Å². The first-order valence-corrected chi connectivity index (χ1v) is 7.27. The predicted molar refractivity (Wildman–Crippen MR) is 62.3 cm³/mol. The van der Waals surface area contributed by atoms with Crippen molar-refractivity contribution in [2.75, 3.05) is 0 Å². The van der Waals surface area contributed by atoms with E-state index in [-0.39, 0.29) is 4.90 Å². The Kier molecular flexibility index (Phi) is 3.21. The van der Waals surface area contributed by atoms with Crippen LogP contribution < -0.4 is 0 Å². The highest BCUT2D eigenvalue weighted by Crippen LogP contribution is 2.13. The van der Waals surface area contributed by atoms with Crippen molar-refractivity contribution >= 4 is 19.7 Å². The first kappa shape index (κ1) is 12.1. The van der Waals surface area contributed by atoms with Gasteiger partial charge >= 0.3 is 0 Å². The molecule has 0 aliphatic heterocycles. The number of rotatable bonds is 4. The Morgan fingerprint density at radius 3 is 2.76 bits per heavy atom. The minimum atomic E-state index is -3.71. The molecule has 0 aliphatic carbocycles.